The lowest BCUT2D eigenvalue weighted by Crippen LogP contribution is -2.27. The maximum Gasteiger partial charge on any atom is 0.231 e. The summed E-state index contributed by atoms with van der Waals surface area (Å²) < 4.78 is 18.0. The van der Waals surface area contributed by atoms with Crippen molar-refractivity contribution < 1.29 is 13.6 Å². The average Bonchev–Trinajstić information content (AvgIpc) is 2.77. The molecule has 0 saturated carbocycles. The summed E-state index contributed by atoms with van der Waals surface area (Å²) in [7, 11) is 0. The molecule has 19 heavy (non-hydrogen) atoms. The molecular weight excluding hydrogens is 265 g/mol. The molecule has 1 amide bonds. The highest BCUT2D eigenvalue weighted by molar-refractivity contribution is 8.00. The van der Waals surface area contributed by atoms with Crippen LogP contribution in [0.25, 0.3) is 0 Å². The van der Waals surface area contributed by atoms with Crippen molar-refractivity contribution in [2.24, 2.45) is 5.73 Å². The number of thioether (sulfide) groups is 1. The molecule has 0 aliphatic rings. The predicted molar refractivity (Wildman–Crippen MR) is 72.4 cm³/mol. The number of furan rings is 1. The Hall–Kier alpha value is -1.75. The Kier molecular flexibility index (Phi) is 4.27. The normalized spacial score (nSPS) is 12.3. The Morgan fingerprint density at radius 2 is 2.05 bits per heavy atom. The number of nitrogens with two attached hydrogens (primary N) is 1. The number of benzene rings is 1. The van der Waals surface area contributed by atoms with Crippen LogP contribution in [0.1, 0.15) is 11.3 Å². The number of aryl methyl sites for hydroxylation is 1. The quantitative estimate of drug-likeness (QED) is 0.856. The molecule has 3 nitrogen and oxygen atoms in total. The third-order valence-electron chi connectivity index (χ3n) is 2.73. The van der Waals surface area contributed by atoms with Crippen molar-refractivity contribution in [1.82, 2.24) is 0 Å². The third kappa shape index (κ3) is 3.61. The largest absolute Gasteiger partial charge is 0.468 e. The molecule has 1 atom stereocenters. The van der Waals surface area contributed by atoms with Gasteiger partial charge in [0.05, 0.1) is 11.5 Å². The average molecular weight is 279 g/mol. The first-order valence-electron chi connectivity index (χ1n) is 5.81. The number of amides is 1. The van der Waals surface area contributed by atoms with Gasteiger partial charge < -0.3 is 10.2 Å². The highest BCUT2D eigenvalue weighted by atomic mass is 32.2. The third-order valence-corrected chi connectivity index (χ3v) is 4.09. The van der Waals surface area contributed by atoms with Gasteiger partial charge in [-0.05, 0) is 37.1 Å². The smallest absolute Gasteiger partial charge is 0.231 e. The molecule has 2 N–H and O–H groups in total. The van der Waals surface area contributed by atoms with Crippen LogP contribution in [0.2, 0.25) is 0 Å². The van der Waals surface area contributed by atoms with Crippen LogP contribution in [0.4, 0.5) is 4.39 Å². The lowest BCUT2D eigenvalue weighted by molar-refractivity contribution is -0.117. The van der Waals surface area contributed by atoms with E-state index in [1.54, 1.807) is 24.5 Å². The maximum atomic E-state index is 12.8. The van der Waals surface area contributed by atoms with Gasteiger partial charge in [-0.15, -0.1) is 11.8 Å². The summed E-state index contributed by atoms with van der Waals surface area (Å²) in [6.07, 6.45) is 2.04. The van der Waals surface area contributed by atoms with Crippen LogP contribution in [0.15, 0.2) is 45.9 Å². The molecule has 1 heterocycles. The van der Waals surface area contributed by atoms with Crippen LogP contribution in [0.3, 0.4) is 0 Å². The van der Waals surface area contributed by atoms with Crippen LogP contribution >= 0.6 is 11.8 Å². The van der Waals surface area contributed by atoms with Crippen molar-refractivity contribution in [2.45, 2.75) is 23.5 Å². The van der Waals surface area contributed by atoms with Crippen LogP contribution in [-0.2, 0) is 11.2 Å². The van der Waals surface area contributed by atoms with Gasteiger partial charge in [0.15, 0.2) is 0 Å². The highest BCUT2D eigenvalue weighted by Crippen LogP contribution is 2.29. The SMILES string of the molecule is Cc1occc1S[C@H](Cc1ccc(F)cc1)C(N)=O. The number of carbonyl (C=O) groups is 1. The minimum atomic E-state index is -0.401. The van der Waals surface area contributed by atoms with Gasteiger partial charge in [0.1, 0.15) is 11.6 Å². The van der Waals surface area contributed by atoms with E-state index < -0.39 is 11.2 Å². The molecule has 2 rings (SSSR count). The number of rotatable bonds is 5. The topological polar surface area (TPSA) is 56.2 Å². The second kappa shape index (κ2) is 5.93. The van der Waals surface area contributed by atoms with E-state index in [-0.39, 0.29) is 5.82 Å². The first-order valence-corrected chi connectivity index (χ1v) is 6.68. The Labute approximate surface area is 115 Å². The maximum absolute atomic E-state index is 12.8. The van der Waals surface area contributed by atoms with Crippen molar-refractivity contribution in [1.29, 1.82) is 0 Å². The number of hydrogen-bond donors (Lipinski definition) is 1. The molecule has 0 bridgehead atoms. The molecular formula is C14H14FNO2S. The first kappa shape index (κ1) is 13.7. The van der Waals surface area contributed by atoms with Crippen LogP contribution in [0, 0.1) is 12.7 Å². The highest BCUT2D eigenvalue weighted by Gasteiger charge is 2.19. The summed E-state index contributed by atoms with van der Waals surface area (Å²) in [5, 5.41) is -0.401. The van der Waals surface area contributed by atoms with Crippen molar-refractivity contribution in [3.05, 3.63) is 53.7 Å². The summed E-state index contributed by atoms with van der Waals surface area (Å²) in [6, 6.07) is 7.88. The summed E-state index contributed by atoms with van der Waals surface area (Å²) in [5.41, 5.74) is 6.29. The Bertz CT molecular complexity index is 565. The number of halogens is 1. The van der Waals surface area contributed by atoms with E-state index in [0.29, 0.717) is 6.42 Å². The van der Waals surface area contributed by atoms with Crippen LogP contribution < -0.4 is 5.73 Å². The zero-order chi connectivity index (χ0) is 13.8. The second-order valence-electron chi connectivity index (χ2n) is 4.18. The minimum absolute atomic E-state index is 0.294. The van der Waals surface area contributed by atoms with E-state index in [2.05, 4.69) is 0 Å². The minimum Gasteiger partial charge on any atom is -0.468 e. The zero-order valence-electron chi connectivity index (χ0n) is 10.4. The van der Waals surface area contributed by atoms with Gasteiger partial charge in [-0.2, -0.15) is 0 Å². The standard InChI is InChI=1S/C14H14FNO2S/c1-9-12(6-7-18-9)19-13(14(16)17)8-10-2-4-11(15)5-3-10/h2-7,13H,8H2,1H3,(H2,16,17)/t13-/m1/s1. The van der Waals surface area contributed by atoms with Crippen LogP contribution in [0.5, 0.6) is 0 Å². The molecule has 2 aromatic rings. The summed E-state index contributed by atoms with van der Waals surface area (Å²) in [5.74, 6) is 0.0722. The molecule has 5 heteroatoms. The monoisotopic (exact) mass is 279 g/mol. The Morgan fingerprint density at radius 3 is 2.58 bits per heavy atom. The Balaban J connectivity index is 2.10. The molecule has 0 aliphatic carbocycles. The molecule has 0 unspecified atom stereocenters. The lowest BCUT2D eigenvalue weighted by atomic mass is 10.1. The van der Waals surface area contributed by atoms with Crippen molar-refractivity contribution >= 4 is 17.7 Å². The second-order valence-corrected chi connectivity index (χ2v) is 5.43. The van der Waals surface area contributed by atoms with Gasteiger partial charge >= 0.3 is 0 Å². The fourth-order valence-electron chi connectivity index (χ4n) is 1.68. The molecule has 0 aliphatic heterocycles. The number of primary amides is 1. The fourth-order valence-corrected chi connectivity index (χ4v) is 2.73. The molecule has 100 valence electrons. The number of carbonyl (C=O) groups excluding carboxylic acids is 1. The summed E-state index contributed by atoms with van der Waals surface area (Å²) in [6.45, 7) is 1.83. The van der Waals surface area contributed by atoms with Crippen molar-refractivity contribution in [3.63, 3.8) is 0 Å². The van der Waals surface area contributed by atoms with Gasteiger partial charge in [-0.1, -0.05) is 12.1 Å². The van der Waals surface area contributed by atoms with Gasteiger partial charge in [0, 0.05) is 4.90 Å². The zero-order valence-corrected chi connectivity index (χ0v) is 11.2. The first-order chi connectivity index (χ1) is 9.06. The van der Waals surface area contributed by atoms with Gasteiger partial charge in [0.2, 0.25) is 5.91 Å². The fraction of sp³-hybridized carbons (Fsp3) is 0.214. The molecule has 1 aromatic carbocycles. The van der Waals surface area contributed by atoms with Crippen molar-refractivity contribution in [2.75, 3.05) is 0 Å². The Morgan fingerprint density at radius 1 is 1.37 bits per heavy atom. The van der Waals surface area contributed by atoms with E-state index in [4.69, 9.17) is 10.2 Å². The van der Waals surface area contributed by atoms with E-state index in [1.165, 1.54) is 23.9 Å². The lowest BCUT2D eigenvalue weighted by Gasteiger charge is -2.12. The van der Waals surface area contributed by atoms with E-state index in [0.717, 1.165) is 16.2 Å². The molecule has 0 spiro atoms. The van der Waals surface area contributed by atoms with Gasteiger partial charge in [-0.3, -0.25) is 4.79 Å². The summed E-state index contributed by atoms with van der Waals surface area (Å²) in [4.78, 5) is 12.4. The van der Waals surface area contributed by atoms with E-state index in [9.17, 15) is 9.18 Å². The van der Waals surface area contributed by atoms with Gasteiger partial charge in [-0.25, -0.2) is 4.39 Å². The molecule has 0 radical (unpaired) electrons. The van der Waals surface area contributed by atoms with E-state index >= 15 is 0 Å². The van der Waals surface area contributed by atoms with E-state index in [1.807, 2.05) is 6.92 Å². The number of hydrogen-bond acceptors (Lipinski definition) is 3. The summed E-state index contributed by atoms with van der Waals surface area (Å²) >= 11 is 1.37. The van der Waals surface area contributed by atoms with Crippen molar-refractivity contribution in [3.8, 4) is 0 Å². The molecule has 1 aromatic heterocycles. The molecule has 0 fully saturated rings. The predicted octanol–water partition coefficient (Wildman–Crippen LogP) is 2.92. The molecule has 0 saturated heterocycles. The van der Waals surface area contributed by atoms with Gasteiger partial charge in [0.25, 0.3) is 0 Å². The van der Waals surface area contributed by atoms with Crippen LogP contribution in [-0.4, -0.2) is 11.2 Å².